The normalized spacial score (nSPS) is 12.0. The number of nitrogens with zero attached hydrogens (tertiary/aromatic N) is 7. The number of hydrogen-bond donors (Lipinski definition) is 0. The third-order valence-electron chi connectivity index (χ3n) is 4.39. The van der Waals surface area contributed by atoms with Crippen LogP contribution >= 0.6 is 0 Å². The summed E-state index contributed by atoms with van der Waals surface area (Å²) < 4.78 is 28.6. The first-order chi connectivity index (χ1) is 13.6. The van der Waals surface area contributed by atoms with Crippen molar-refractivity contribution in [2.24, 2.45) is 0 Å². The Morgan fingerprint density at radius 1 is 0.821 bits per heavy atom. The second-order valence-corrected chi connectivity index (χ2v) is 8.08. The maximum absolute atomic E-state index is 13.0. The van der Waals surface area contributed by atoms with E-state index in [9.17, 15) is 8.42 Å². The molecule has 0 atom stereocenters. The zero-order valence-electron chi connectivity index (χ0n) is 14.4. The van der Waals surface area contributed by atoms with Crippen molar-refractivity contribution in [3.63, 3.8) is 0 Å². The van der Waals surface area contributed by atoms with Gasteiger partial charge in [-0.3, -0.25) is 0 Å². The Bertz CT molecular complexity index is 1410. The Hall–Kier alpha value is -3.66. The van der Waals surface area contributed by atoms with Gasteiger partial charge in [-0.1, -0.05) is 52.8 Å². The van der Waals surface area contributed by atoms with Crippen molar-refractivity contribution in [2.45, 2.75) is 11.0 Å². The molecular formula is C18H13N7O2S. The first-order valence-electron chi connectivity index (χ1n) is 8.40. The van der Waals surface area contributed by atoms with Crippen LogP contribution in [0.25, 0.3) is 27.5 Å². The Balaban J connectivity index is 1.58. The lowest BCUT2D eigenvalue weighted by molar-refractivity contribution is 0.560. The summed E-state index contributed by atoms with van der Waals surface area (Å²) >= 11 is 0. The lowest BCUT2D eigenvalue weighted by atomic mass is 10.1. The molecule has 10 heteroatoms. The van der Waals surface area contributed by atoms with Gasteiger partial charge in [-0.2, -0.15) is 4.68 Å². The highest BCUT2D eigenvalue weighted by Crippen LogP contribution is 2.22. The highest BCUT2D eigenvalue weighted by molar-refractivity contribution is 7.90. The van der Waals surface area contributed by atoms with Gasteiger partial charge in [0, 0.05) is 0 Å². The zero-order valence-corrected chi connectivity index (χ0v) is 15.2. The fraction of sp³-hybridized carbons (Fsp3) is 0.0556. The van der Waals surface area contributed by atoms with Gasteiger partial charge in [-0.15, -0.1) is 5.10 Å². The standard InChI is InChI=1S/C18H13N7O2S/c26-28(27,18-20-21-23-25(18)15-8-2-1-3-9-15)12-24-17-11-14-7-5-4-6-13(14)10-16(17)19-22-24/h1-11H,12H2. The number of benzene rings is 3. The molecule has 0 bridgehead atoms. The van der Waals surface area contributed by atoms with E-state index < -0.39 is 15.7 Å². The van der Waals surface area contributed by atoms with Gasteiger partial charge in [-0.25, -0.2) is 13.1 Å². The van der Waals surface area contributed by atoms with Crippen LogP contribution in [0.2, 0.25) is 0 Å². The van der Waals surface area contributed by atoms with E-state index in [1.165, 1.54) is 9.36 Å². The van der Waals surface area contributed by atoms with E-state index in [1.54, 1.807) is 24.3 Å². The van der Waals surface area contributed by atoms with Gasteiger partial charge < -0.3 is 0 Å². The molecule has 0 spiro atoms. The predicted molar refractivity (Wildman–Crippen MR) is 101 cm³/mol. The molecule has 2 heterocycles. The van der Waals surface area contributed by atoms with Crippen LogP contribution in [0.5, 0.6) is 0 Å². The van der Waals surface area contributed by atoms with Gasteiger partial charge in [0.1, 0.15) is 5.52 Å². The quantitative estimate of drug-likeness (QED) is 0.461. The number of hydrogen-bond acceptors (Lipinski definition) is 7. The summed E-state index contributed by atoms with van der Waals surface area (Å²) in [7, 11) is -3.88. The third kappa shape index (κ3) is 2.70. The molecule has 0 aliphatic heterocycles. The molecule has 0 aliphatic rings. The Morgan fingerprint density at radius 3 is 2.32 bits per heavy atom. The number of sulfone groups is 1. The van der Waals surface area contributed by atoms with Crippen LogP contribution in [0.15, 0.2) is 71.9 Å². The maximum Gasteiger partial charge on any atom is 0.274 e. The van der Waals surface area contributed by atoms with Crippen LogP contribution in [0.4, 0.5) is 0 Å². The summed E-state index contributed by atoms with van der Waals surface area (Å²) in [5, 5.41) is 21.0. The third-order valence-corrected chi connectivity index (χ3v) is 5.79. The molecule has 9 nitrogen and oxygen atoms in total. The summed E-state index contributed by atoms with van der Waals surface area (Å²) in [5.74, 6) is -0.422. The average molecular weight is 391 g/mol. The molecular weight excluding hydrogens is 378 g/mol. The summed E-state index contributed by atoms with van der Waals surface area (Å²) in [6, 6.07) is 20.4. The van der Waals surface area contributed by atoms with Crippen molar-refractivity contribution in [1.29, 1.82) is 0 Å². The van der Waals surface area contributed by atoms with Crippen molar-refractivity contribution in [3.05, 3.63) is 66.7 Å². The summed E-state index contributed by atoms with van der Waals surface area (Å²) in [6.45, 7) is 0. The molecule has 3 aromatic carbocycles. The van der Waals surface area contributed by atoms with Gasteiger partial charge in [0.05, 0.1) is 11.2 Å². The number of fused-ring (bicyclic) bond motifs is 2. The van der Waals surface area contributed by atoms with Crippen molar-refractivity contribution < 1.29 is 8.42 Å². The maximum atomic E-state index is 13.0. The molecule has 0 saturated heterocycles. The molecule has 138 valence electrons. The van der Waals surface area contributed by atoms with E-state index >= 15 is 0 Å². The molecule has 0 N–H and O–H groups in total. The molecule has 0 unspecified atom stereocenters. The second kappa shape index (κ2) is 6.20. The van der Waals surface area contributed by atoms with E-state index in [0.29, 0.717) is 16.7 Å². The number of aromatic nitrogens is 7. The molecule has 5 aromatic rings. The van der Waals surface area contributed by atoms with Gasteiger partial charge in [0.25, 0.3) is 5.16 Å². The predicted octanol–water partition coefficient (Wildman–Crippen LogP) is 1.99. The fourth-order valence-electron chi connectivity index (χ4n) is 3.07. The molecule has 0 radical (unpaired) electrons. The monoisotopic (exact) mass is 391 g/mol. The SMILES string of the molecule is O=S(=O)(Cn1nnc2cc3ccccc3cc21)c1nnnn1-c1ccccc1. The van der Waals surface area contributed by atoms with Gasteiger partial charge >= 0.3 is 0 Å². The average Bonchev–Trinajstić information content (AvgIpc) is 3.35. The second-order valence-electron chi connectivity index (χ2n) is 6.23. The minimum atomic E-state index is -3.88. The van der Waals surface area contributed by atoms with Crippen molar-refractivity contribution >= 4 is 31.6 Å². The number of tetrazole rings is 1. The van der Waals surface area contributed by atoms with Crippen molar-refractivity contribution in [3.8, 4) is 5.69 Å². The molecule has 28 heavy (non-hydrogen) atoms. The Labute approximate surface area is 159 Å². The molecule has 0 fully saturated rings. The highest BCUT2D eigenvalue weighted by atomic mass is 32.2. The lowest BCUT2D eigenvalue weighted by Crippen LogP contribution is -2.17. The van der Waals surface area contributed by atoms with Crippen LogP contribution in [-0.2, 0) is 15.7 Å². The summed E-state index contributed by atoms with van der Waals surface area (Å²) in [5.41, 5.74) is 1.80. The van der Waals surface area contributed by atoms with Gasteiger partial charge in [0.2, 0.25) is 9.84 Å². The molecule has 2 aromatic heterocycles. The topological polar surface area (TPSA) is 108 Å². The fourth-order valence-corrected chi connectivity index (χ4v) is 4.27. The molecule has 0 saturated carbocycles. The Kier molecular flexibility index (Phi) is 3.66. The first-order valence-corrected chi connectivity index (χ1v) is 10.1. The van der Waals surface area contributed by atoms with Crippen LogP contribution in [0.1, 0.15) is 0 Å². The van der Waals surface area contributed by atoms with Gasteiger partial charge in [-0.05, 0) is 45.5 Å². The van der Waals surface area contributed by atoms with E-state index in [1.807, 2.05) is 42.5 Å². The molecule has 5 rings (SSSR count). The minimum Gasteiger partial charge on any atom is -0.229 e. The smallest absolute Gasteiger partial charge is 0.229 e. The van der Waals surface area contributed by atoms with Crippen LogP contribution < -0.4 is 0 Å². The van der Waals surface area contributed by atoms with Crippen LogP contribution in [-0.4, -0.2) is 43.6 Å². The first kappa shape index (κ1) is 16.5. The molecule has 0 aliphatic carbocycles. The van der Waals surface area contributed by atoms with E-state index in [2.05, 4.69) is 25.8 Å². The summed E-state index contributed by atoms with van der Waals surface area (Å²) in [6.07, 6.45) is 0. The van der Waals surface area contributed by atoms with Crippen LogP contribution in [0.3, 0.4) is 0 Å². The lowest BCUT2D eigenvalue weighted by Gasteiger charge is -2.06. The van der Waals surface area contributed by atoms with E-state index in [4.69, 9.17) is 0 Å². The van der Waals surface area contributed by atoms with E-state index in [0.717, 1.165) is 10.8 Å². The van der Waals surface area contributed by atoms with Gasteiger partial charge in [0.15, 0.2) is 5.88 Å². The minimum absolute atomic E-state index is 0.247. The number of para-hydroxylation sites is 1. The van der Waals surface area contributed by atoms with Crippen molar-refractivity contribution in [1.82, 2.24) is 35.2 Å². The Morgan fingerprint density at radius 2 is 1.54 bits per heavy atom. The highest BCUT2D eigenvalue weighted by Gasteiger charge is 2.26. The zero-order chi connectivity index (χ0) is 19.1. The van der Waals surface area contributed by atoms with Crippen molar-refractivity contribution in [2.75, 3.05) is 0 Å². The summed E-state index contributed by atoms with van der Waals surface area (Å²) in [4.78, 5) is 0. The van der Waals surface area contributed by atoms with Crippen LogP contribution in [0, 0.1) is 0 Å². The molecule has 0 amide bonds. The van der Waals surface area contributed by atoms with E-state index in [-0.39, 0.29) is 5.16 Å². The largest absolute Gasteiger partial charge is 0.274 e. The number of rotatable bonds is 4.